The summed E-state index contributed by atoms with van der Waals surface area (Å²) in [5.41, 5.74) is 0. The molecule has 0 unspecified atom stereocenters. The normalized spacial score (nSPS) is 1.50. The van der Waals surface area contributed by atoms with Crippen molar-refractivity contribution in [2.45, 2.75) is 0 Å². The Hall–Kier alpha value is 1.02. The standard InChI is InChI=1S/CH4O.BH4.Na/c1-2;;/h2H,1H3;1H4;/q;-1;+1. The van der Waals surface area contributed by atoms with Crippen LogP contribution in [-0.2, 0) is 0 Å². The van der Waals surface area contributed by atoms with Gasteiger partial charge in [0.2, 0.25) is 0 Å². The van der Waals surface area contributed by atoms with Crippen LogP contribution >= 0.6 is 0 Å². The quantitative estimate of drug-likeness (QED) is 0.283. The molecule has 0 saturated heterocycles. The molecule has 1 N–H and O–H groups in total. The van der Waals surface area contributed by atoms with Gasteiger partial charge in [-0.2, -0.15) is 0 Å². The Kier molecular flexibility index (Phi) is 174. The third-order valence-corrected chi connectivity index (χ3v) is 0. The zero-order chi connectivity index (χ0) is 2.00. The van der Waals surface area contributed by atoms with E-state index in [-0.39, 0.29) is 38.0 Å². The molecule has 0 aromatic carbocycles. The van der Waals surface area contributed by atoms with Crippen LogP contribution in [-0.4, -0.2) is 20.6 Å². The maximum atomic E-state index is 7.00. The monoisotopic (exact) mass is 70.1 g/mol. The molecule has 0 spiro atoms. The number of aliphatic hydroxyl groups excluding tert-OH is 1. The van der Waals surface area contributed by atoms with Gasteiger partial charge in [-0.3, -0.25) is 0 Å². The molecule has 22 valence electrons. The van der Waals surface area contributed by atoms with Crippen LogP contribution in [0.2, 0.25) is 0 Å². The average molecular weight is 69.9 g/mol. The zero-order valence-electron chi connectivity index (χ0n) is 2.45. The van der Waals surface area contributed by atoms with E-state index in [4.69, 9.17) is 5.11 Å². The van der Waals surface area contributed by atoms with Crippen LogP contribution in [0, 0.1) is 0 Å². The van der Waals surface area contributed by atoms with Gasteiger partial charge in [0.05, 0.1) is 0 Å². The molecule has 0 aliphatic rings. The second-order valence-corrected chi connectivity index (χ2v) is 0. The summed E-state index contributed by atoms with van der Waals surface area (Å²) in [5, 5.41) is 7.00. The number of hydrogen-bond acceptors (Lipinski definition) is 1. The van der Waals surface area contributed by atoms with Gasteiger partial charge in [-0.1, -0.05) is 8.41 Å². The minimum Gasteiger partial charge on any atom is -0.400 e. The van der Waals surface area contributed by atoms with Crippen molar-refractivity contribution in [2.24, 2.45) is 0 Å². The van der Waals surface area contributed by atoms with Crippen LogP contribution in [0.25, 0.3) is 0 Å². The molecule has 0 saturated carbocycles. The van der Waals surface area contributed by atoms with Crippen molar-refractivity contribution in [3.05, 3.63) is 0 Å². The van der Waals surface area contributed by atoms with E-state index in [1.165, 1.54) is 0 Å². The van der Waals surface area contributed by atoms with Crippen LogP contribution in [0.1, 0.15) is 0 Å². The van der Waals surface area contributed by atoms with E-state index < -0.39 is 0 Å². The first-order valence-corrected chi connectivity index (χ1v) is 0.447. The van der Waals surface area contributed by atoms with Crippen molar-refractivity contribution >= 4 is 8.41 Å². The molecule has 0 aromatic rings. The molecule has 0 bridgehead atoms. The van der Waals surface area contributed by atoms with E-state index in [2.05, 4.69) is 0 Å². The molecule has 0 aliphatic carbocycles. The summed E-state index contributed by atoms with van der Waals surface area (Å²) in [6.07, 6.45) is 0. The Bertz CT molecular complexity index is 8.00. The first-order chi connectivity index (χ1) is 1.00. The van der Waals surface area contributed by atoms with Crippen LogP contribution in [0.4, 0.5) is 0 Å². The summed E-state index contributed by atoms with van der Waals surface area (Å²) < 4.78 is 0. The average Bonchev–Trinajstić information content (AvgIpc) is 1.00. The summed E-state index contributed by atoms with van der Waals surface area (Å²) in [6.45, 7) is 0. The number of rotatable bonds is 0. The Balaban J connectivity index is -0.00000000500. The fraction of sp³-hybridized carbons (Fsp3) is 1.00. The van der Waals surface area contributed by atoms with Gasteiger partial charge in [0.15, 0.2) is 0 Å². The maximum absolute atomic E-state index is 7.00. The largest absolute Gasteiger partial charge is 1.00 e. The third-order valence-electron chi connectivity index (χ3n) is 0. The van der Waals surface area contributed by atoms with E-state index in [1.54, 1.807) is 0 Å². The second-order valence-electron chi connectivity index (χ2n) is 0. The topological polar surface area (TPSA) is 20.2 Å². The van der Waals surface area contributed by atoms with E-state index in [0.717, 1.165) is 7.11 Å². The predicted octanol–water partition coefficient (Wildman–Crippen LogP) is -4.84. The Labute approximate surface area is 50.3 Å². The summed E-state index contributed by atoms with van der Waals surface area (Å²) in [4.78, 5) is 0. The van der Waals surface area contributed by atoms with Crippen molar-refractivity contribution in [3.63, 3.8) is 0 Å². The van der Waals surface area contributed by atoms with Crippen molar-refractivity contribution in [1.29, 1.82) is 0 Å². The van der Waals surface area contributed by atoms with Gasteiger partial charge in [-0.05, 0) is 0 Å². The summed E-state index contributed by atoms with van der Waals surface area (Å²) >= 11 is 0. The van der Waals surface area contributed by atoms with E-state index >= 15 is 0 Å². The molecule has 0 amide bonds. The Morgan fingerprint density at radius 2 is 1.25 bits per heavy atom. The van der Waals surface area contributed by atoms with Gasteiger partial charge in [-0.25, -0.2) is 0 Å². The summed E-state index contributed by atoms with van der Waals surface area (Å²) in [6, 6.07) is 0. The van der Waals surface area contributed by atoms with Gasteiger partial charge in [-0.15, -0.1) is 0 Å². The molecule has 1 nitrogen and oxygen atoms in total. The van der Waals surface area contributed by atoms with Crippen LogP contribution in [0.5, 0.6) is 0 Å². The minimum absolute atomic E-state index is 0. The zero-order valence-corrected chi connectivity index (χ0v) is 4.45. The molecule has 0 rings (SSSR count). The van der Waals surface area contributed by atoms with Gasteiger partial charge < -0.3 is 5.11 Å². The smallest absolute Gasteiger partial charge is 0.400 e. The fourth-order valence-corrected chi connectivity index (χ4v) is 0. The molecule has 0 aliphatic heterocycles. The molecule has 0 aromatic heterocycles. The molecule has 0 radical (unpaired) electrons. The van der Waals surface area contributed by atoms with Crippen molar-refractivity contribution in [1.82, 2.24) is 0 Å². The summed E-state index contributed by atoms with van der Waals surface area (Å²) in [5.74, 6) is 0. The van der Waals surface area contributed by atoms with Gasteiger partial charge in [0.1, 0.15) is 0 Å². The molecule has 0 fully saturated rings. The van der Waals surface area contributed by atoms with Crippen LogP contribution < -0.4 is 29.6 Å². The van der Waals surface area contributed by atoms with Crippen LogP contribution in [0.15, 0.2) is 0 Å². The van der Waals surface area contributed by atoms with E-state index in [9.17, 15) is 0 Å². The second kappa shape index (κ2) is 35.1. The number of hydrogen-bond donors (Lipinski definition) is 1. The molecular formula is CH8BNaO. The molecule has 0 heterocycles. The molecular weight excluding hydrogens is 61.8 g/mol. The van der Waals surface area contributed by atoms with Gasteiger partial charge in [0.25, 0.3) is 0 Å². The van der Waals surface area contributed by atoms with Crippen LogP contribution in [0.3, 0.4) is 0 Å². The maximum Gasteiger partial charge on any atom is 1.00 e. The first-order valence-electron chi connectivity index (χ1n) is 0.447. The summed E-state index contributed by atoms with van der Waals surface area (Å²) in [7, 11) is 1.00. The first kappa shape index (κ1) is 19.9. The van der Waals surface area contributed by atoms with E-state index in [0.29, 0.717) is 0 Å². The molecule has 0 atom stereocenters. The minimum atomic E-state index is 0. The Morgan fingerprint density at radius 1 is 1.25 bits per heavy atom. The van der Waals surface area contributed by atoms with Crippen molar-refractivity contribution < 1.29 is 34.7 Å². The number of aliphatic hydroxyl groups is 1. The van der Waals surface area contributed by atoms with E-state index in [1.807, 2.05) is 0 Å². The fourth-order valence-electron chi connectivity index (χ4n) is 0. The van der Waals surface area contributed by atoms with Crippen molar-refractivity contribution in [2.75, 3.05) is 7.11 Å². The third kappa shape index (κ3) is 11.8. The Morgan fingerprint density at radius 3 is 1.25 bits per heavy atom. The molecule has 3 heteroatoms. The predicted molar refractivity (Wildman–Crippen MR) is 19.5 cm³/mol. The molecule has 4 heavy (non-hydrogen) atoms. The van der Waals surface area contributed by atoms with Gasteiger partial charge in [0, 0.05) is 7.11 Å². The van der Waals surface area contributed by atoms with Crippen molar-refractivity contribution in [3.8, 4) is 0 Å². The van der Waals surface area contributed by atoms with Gasteiger partial charge >= 0.3 is 29.6 Å². The SMILES string of the molecule is CO.[BH4-].[Na+].